The van der Waals surface area contributed by atoms with Gasteiger partial charge in [-0.05, 0) is 31.7 Å². The predicted molar refractivity (Wildman–Crippen MR) is 77.2 cm³/mol. The molecule has 0 spiro atoms. The molecule has 0 amide bonds. The molecule has 0 saturated heterocycles. The van der Waals surface area contributed by atoms with E-state index in [0.717, 1.165) is 17.2 Å². The Morgan fingerprint density at radius 3 is 2.76 bits per heavy atom. The van der Waals surface area contributed by atoms with Gasteiger partial charge in [0.1, 0.15) is 0 Å². The minimum Gasteiger partial charge on any atom is -0.354 e. The lowest BCUT2D eigenvalue weighted by atomic mass is 10.1. The van der Waals surface area contributed by atoms with E-state index < -0.39 is 0 Å². The topological polar surface area (TPSA) is 24.9 Å². The van der Waals surface area contributed by atoms with Crippen molar-refractivity contribution in [3.05, 3.63) is 33.0 Å². The van der Waals surface area contributed by atoms with Gasteiger partial charge < -0.3 is 5.32 Å². The van der Waals surface area contributed by atoms with Crippen molar-refractivity contribution in [3.63, 3.8) is 0 Å². The lowest BCUT2D eigenvalue weighted by Crippen LogP contribution is -2.08. The van der Waals surface area contributed by atoms with E-state index in [0.29, 0.717) is 6.04 Å². The van der Waals surface area contributed by atoms with Crippen LogP contribution in [0, 0.1) is 13.8 Å². The van der Waals surface area contributed by atoms with Crippen LogP contribution in [-0.4, -0.2) is 4.98 Å². The van der Waals surface area contributed by atoms with Gasteiger partial charge in [-0.2, -0.15) is 0 Å². The summed E-state index contributed by atoms with van der Waals surface area (Å²) in [6.07, 6.45) is 2.33. The zero-order chi connectivity index (χ0) is 12.3. The second-order valence-electron chi connectivity index (χ2n) is 4.16. The smallest absolute Gasteiger partial charge is 0.183 e. The Morgan fingerprint density at radius 1 is 1.41 bits per heavy atom. The average molecular weight is 266 g/mol. The Morgan fingerprint density at radius 2 is 2.24 bits per heavy atom. The van der Waals surface area contributed by atoms with Crippen molar-refractivity contribution < 1.29 is 0 Å². The highest BCUT2D eigenvalue weighted by Crippen LogP contribution is 2.30. The summed E-state index contributed by atoms with van der Waals surface area (Å²) < 4.78 is 0. The second-order valence-corrected chi connectivity index (χ2v) is 6.34. The van der Waals surface area contributed by atoms with Crippen LogP contribution < -0.4 is 5.32 Å². The number of aromatic nitrogens is 1. The third kappa shape index (κ3) is 3.07. The molecule has 1 unspecified atom stereocenters. The van der Waals surface area contributed by atoms with Crippen molar-refractivity contribution in [2.75, 3.05) is 5.32 Å². The Hall–Kier alpha value is -0.870. The van der Waals surface area contributed by atoms with Gasteiger partial charge in [-0.3, -0.25) is 0 Å². The fourth-order valence-electron chi connectivity index (χ4n) is 1.75. The molecule has 1 atom stereocenters. The van der Waals surface area contributed by atoms with E-state index in [1.165, 1.54) is 16.2 Å². The molecule has 2 rings (SSSR count). The molecular formula is C13H18N2S2. The van der Waals surface area contributed by atoms with Crippen LogP contribution in [0.1, 0.15) is 41.3 Å². The van der Waals surface area contributed by atoms with E-state index in [-0.39, 0.29) is 0 Å². The molecule has 0 fully saturated rings. The van der Waals surface area contributed by atoms with E-state index in [1.807, 2.05) is 11.3 Å². The molecular weight excluding hydrogens is 248 g/mol. The minimum absolute atomic E-state index is 0.407. The molecule has 0 aromatic carbocycles. The van der Waals surface area contributed by atoms with Crippen molar-refractivity contribution in [1.82, 2.24) is 4.98 Å². The van der Waals surface area contributed by atoms with Gasteiger partial charge in [-0.1, -0.05) is 19.4 Å². The van der Waals surface area contributed by atoms with Crippen molar-refractivity contribution in [2.24, 2.45) is 0 Å². The lowest BCUT2D eigenvalue weighted by Gasteiger charge is -2.15. The molecule has 4 heteroatoms. The van der Waals surface area contributed by atoms with Gasteiger partial charge in [0, 0.05) is 9.75 Å². The van der Waals surface area contributed by atoms with Crippen LogP contribution in [0.5, 0.6) is 0 Å². The minimum atomic E-state index is 0.407. The standard InChI is InChI=1S/C13H18N2S2/c1-4-6-11(12-7-5-8-16-12)15-13-14-9(2)10(3)17-13/h5,7-8,11H,4,6H2,1-3H3,(H,14,15). The van der Waals surface area contributed by atoms with Crippen LogP contribution in [0.4, 0.5) is 5.13 Å². The molecule has 92 valence electrons. The number of thiazole rings is 1. The number of anilines is 1. The maximum Gasteiger partial charge on any atom is 0.183 e. The summed E-state index contributed by atoms with van der Waals surface area (Å²) >= 11 is 3.56. The quantitative estimate of drug-likeness (QED) is 0.842. The molecule has 2 aromatic rings. The van der Waals surface area contributed by atoms with Gasteiger partial charge in [0.2, 0.25) is 0 Å². The first kappa shape index (κ1) is 12.6. The first-order valence-corrected chi connectivity index (χ1v) is 7.64. The van der Waals surface area contributed by atoms with Gasteiger partial charge in [0.15, 0.2) is 5.13 Å². The molecule has 2 heterocycles. The fraction of sp³-hybridized carbons (Fsp3) is 0.462. The summed E-state index contributed by atoms with van der Waals surface area (Å²) in [4.78, 5) is 7.25. The van der Waals surface area contributed by atoms with Crippen molar-refractivity contribution in [3.8, 4) is 0 Å². The number of nitrogens with one attached hydrogen (secondary N) is 1. The molecule has 2 aromatic heterocycles. The van der Waals surface area contributed by atoms with Crippen LogP contribution >= 0.6 is 22.7 Å². The predicted octanol–water partition coefficient (Wildman–Crippen LogP) is 4.77. The molecule has 0 saturated carbocycles. The number of hydrogen-bond donors (Lipinski definition) is 1. The average Bonchev–Trinajstić information content (AvgIpc) is 2.89. The van der Waals surface area contributed by atoms with Crippen molar-refractivity contribution >= 4 is 27.8 Å². The third-order valence-corrected chi connectivity index (χ3v) is 4.78. The van der Waals surface area contributed by atoms with Crippen LogP contribution in [0.3, 0.4) is 0 Å². The molecule has 2 nitrogen and oxygen atoms in total. The Kier molecular flexibility index (Phi) is 4.18. The van der Waals surface area contributed by atoms with E-state index in [9.17, 15) is 0 Å². The van der Waals surface area contributed by atoms with Crippen molar-refractivity contribution in [1.29, 1.82) is 0 Å². The maximum atomic E-state index is 4.55. The van der Waals surface area contributed by atoms with Gasteiger partial charge in [0.25, 0.3) is 0 Å². The normalized spacial score (nSPS) is 12.6. The van der Waals surface area contributed by atoms with Gasteiger partial charge in [0.05, 0.1) is 11.7 Å². The number of thiophene rings is 1. The van der Waals surface area contributed by atoms with E-state index in [2.05, 4.69) is 48.6 Å². The van der Waals surface area contributed by atoms with Gasteiger partial charge in [-0.15, -0.1) is 22.7 Å². The Balaban J connectivity index is 2.13. The van der Waals surface area contributed by atoms with Crippen LogP contribution in [0.25, 0.3) is 0 Å². The first-order chi connectivity index (χ1) is 8.20. The van der Waals surface area contributed by atoms with E-state index in [4.69, 9.17) is 0 Å². The zero-order valence-corrected chi connectivity index (χ0v) is 12.1. The molecule has 0 radical (unpaired) electrons. The second kappa shape index (κ2) is 5.65. The summed E-state index contributed by atoms with van der Waals surface area (Å²) in [5.74, 6) is 0. The number of rotatable bonds is 5. The summed E-state index contributed by atoms with van der Waals surface area (Å²) in [7, 11) is 0. The van der Waals surface area contributed by atoms with Gasteiger partial charge >= 0.3 is 0 Å². The number of nitrogens with zero attached hydrogens (tertiary/aromatic N) is 1. The molecule has 0 aliphatic heterocycles. The van der Waals surface area contributed by atoms with Crippen LogP contribution in [0.2, 0.25) is 0 Å². The SMILES string of the molecule is CCCC(Nc1nc(C)c(C)s1)c1cccs1. The lowest BCUT2D eigenvalue weighted by molar-refractivity contribution is 0.687. The first-order valence-electron chi connectivity index (χ1n) is 5.94. The maximum absolute atomic E-state index is 4.55. The highest BCUT2D eigenvalue weighted by atomic mass is 32.1. The molecule has 1 N–H and O–H groups in total. The van der Waals surface area contributed by atoms with Crippen LogP contribution in [0.15, 0.2) is 17.5 Å². The van der Waals surface area contributed by atoms with E-state index in [1.54, 1.807) is 11.3 Å². The monoisotopic (exact) mass is 266 g/mol. The molecule has 0 bridgehead atoms. The summed E-state index contributed by atoms with van der Waals surface area (Å²) in [6.45, 7) is 6.41. The summed E-state index contributed by atoms with van der Waals surface area (Å²) in [5, 5.41) is 6.75. The highest BCUT2D eigenvalue weighted by Gasteiger charge is 2.13. The van der Waals surface area contributed by atoms with Crippen molar-refractivity contribution in [2.45, 2.75) is 39.7 Å². The Bertz CT molecular complexity index is 440. The van der Waals surface area contributed by atoms with Crippen LogP contribution in [-0.2, 0) is 0 Å². The molecule has 17 heavy (non-hydrogen) atoms. The Labute approximate surface area is 111 Å². The largest absolute Gasteiger partial charge is 0.354 e. The van der Waals surface area contributed by atoms with E-state index >= 15 is 0 Å². The summed E-state index contributed by atoms with van der Waals surface area (Å²) in [5.41, 5.74) is 1.14. The zero-order valence-electron chi connectivity index (χ0n) is 10.5. The highest BCUT2D eigenvalue weighted by molar-refractivity contribution is 7.15. The number of hydrogen-bond acceptors (Lipinski definition) is 4. The number of aryl methyl sites for hydroxylation is 2. The third-order valence-electron chi connectivity index (χ3n) is 2.79. The van der Waals surface area contributed by atoms with Gasteiger partial charge in [-0.25, -0.2) is 4.98 Å². The molecule has 0 aliphatic rings. The summed E-state index contributed by atoms with van der Waals surface area (Å²) in [6, 6.07) is 4.72. The fourth-order valence-corrected chi connectivity index (χ4v) is 3.43. The molecule has 0 aliphatic carbocycles.